The van der Waals surface area contributed by atoms with Crippen LogP contribution >= 0.6 is 11.8 Å². The number of anilines is 1. The second kappa shape index (κ2) is 9.33. The van der Waals surface area contributed by atoms with E-state index in [1.54, 1.807) is 31.2 Å². The van der Waals surface area contributed by atoms with Crippen molar-refractivity contribution in [3.63, 3.8) is 0 Å². The van der Waals surface area contributed by atoms with E-state index in [4.69, 9.17) is 0 Å². The lowest BCUT2D eigenvalue weighted by molar-refractivity contribution is -0.120. The zero-order chi connectivity index (χ0) is 20.8. The normalized spacial score (nSPS) is 12.9. The molecule has 1 aromatic heterocycles. The lowest BCUT2D eigenvalue weighted by atomic mass is 9.99. The van der Waals surface area contributed by atoms with Gasteiger partial charge in [-0.3, -0.25) is 24.3 Å². The molecule has 29 heavy (non-hydrogen) atoms. The van der Waals surface area contributed by atoms with Crippen molar-refractivity contribution in [1.29, 1.82) is 0 Å². The number of benzene rings is 1. The largest absolute Gasteiger partial charge is 0.356 e. The number of amides is 2. The average Bonchev–Trinajstić information content (AvgIpc) is 3.18. The van der Waals surface area contributed by atoms with E-state index in [9.17, 15) is 19.2 Å². The van der Waals surface area contributed by atoms with E-state index >= 15 is 0 Å². The van der Waals surface area contributed by atoms with Gasteiger partial charge in [-0.15, -0.1) is 11.8 Å². The Balaban J connectivity index is 1.68. The summed E-state index contributed by atoms with van der Waals surface area (Å²) in [4.78, 5) is 49.3. The van der Waals surface area contributed by atoms with Crippen LogP contribution < -0.4 is 10.6 Å². The molecule has 1 aliphatic carbocycles. The smallest absolute Gasteiger partial charge is 0.274 e. The third-order valence-electron chi connectivity index (χ3n) is 4.19. The van der Waals surface area contributed by atoms with Gasteiger partial charge in [0, 0.05) is 24.7 Å². The highest BCUT2D eigenvalue weighted by atomic mass is 32.2. The average molecular weight is 412 g/mol. The molecule has 150 valence electrons. The van der Waals surface area contributed by atoms with Gasteiger partial charge in [0.1, 0.15) is 11.4 Å². The van der Waals surface area contributed by atoms with Crippen molar-refractivity contribution in [2.24, 2.45) is 0 Å². The molecule has 2 amide bonds. The maximum absolute atomic E-state index is 12.9. The monoisotopic (exact) mass is 412 g/mol. The van der Waals surface area contributed by atoms with E-state index < -0.39 is 17.5 Å². The van der Waals surface area contributed by atoms with Gasteiger partial charge in [0.25, 0.3) is 5.91 Å². The molecule has 0 fully saturated rings. The van der Waals surface area contributed by atoms with E-state index in [2.05, 4.69) is 20.8 Å². The summed E-state index contributed by atoms with van der Waals surface area (Å²) in [6.07, 6.45) is 2.32. The van der Waals surface area contributed by atoms with Crippen LogP contribution in [0, 0.1) is 0 Å². The molecule has 3 N–H and O–H groups in total. The molecular weight excluding hydrogens is 392 g/mol. The van der Waals surface area contributed by atoms with Gasteiger partial charge in [-0.25, -0.2) is 0 Å². The lowest BCUT2D eigenvalue weighted by Gasteiger charge is -2.12. The molecule has 9 heteroatoms. The van der Waals surface area contributed by atoms with Gasteiger partial charge in [-0.1, -0.05) is 25.1 Å². The van der Waals surface area contributed by atoms with Crippen LogP contribution in [-0.4, -0.2) is 45.9 Å². The Labute approximate surface area is 171 Å². The van der Waals surface area contributed by atoms with Crippen LogP contribution in [0.1, 0.15) is 51.1 Å². The minimum atomic E-state index is -0.542. The second-order valence-electron chi connectivity index (χ2n) is 6.25. The zero-order valence-electron chi connectivity index (χ0n) is 15.8. The number of hydrogen-bond donors (Lipinski definition) is 3. The predicted octanol–water partition coefficient (Wildman–Crippen LogP) is 2.57. The maximum atomic E-state index is 12.9. The van der Waals surface area contributed by atoms with Gasteiger partial charge in [-0.2, -0.15) is 5.10 Å². The van der Waals surface area contributed by atoms with Crippen molar-refractivity contribution >= 4 is 40.8 Å². The molecule has 3 rings (SSSR count). The maximum Gasteiger partial charge on any atom is 0.274 e. The molecular formula is C20H20N4O4S. The van der Waals surface area contributed by atoms with Crippen LogP contribution in [0.2, 0.25) is 0 Å². The molecule has 0 radical (unpaired) electrons. The molecule has 0 spiro atoms. The van der Waals surface area contributed by atoms with E-state index in [1.165, 1.54) is 17.8 Å². The van der Waals surface area contributed by atoms with Crippen molar-refractivity contribution in [1.82, 2.24) is 15.5 Å². The quantitative estimate of drug-likeness (QED) is 0.573. The fourth-order valence-electron chi connectivity index (χ4n) is 2.71. The number of allylic oxidation sites excluding steroid dienone is 2. The van der Waals surface area contributed by atoms with E-state index in [1.807, 2.05) is 6.07 Å². The molecule has 0 unspecified atom stereocenters. The Morgan fingerprint density at radius 1 is 1.17 bits per heavy atom. The van der Waals surface area contributed by atoms with Gasteiger partial charge < -0.3 is 10.6 Å². The number of fused-ring (bicyclic) bond motifs is 1. The summed E-state index contributed by atoms with van der Waals surface area (Å²) in [5, 5.41) is 11.8. The summed E-state index contributed by atoms with van der Waals surface area (Å²) in [5.41, 5.74) is 0.471. The van der Waals surface area contributed by atoms with Gasteiger partial charge in [0.05, 0.1) is 10.5 Å². The SMILES string of the molecule is CCC(=O)NCCCSC1=CC(=O)c2n[nH]c(C(=O)Nc3ccccc3)c2C1=O. The summed E-state index contributed by atoms with van der Waals surface area (Å²) < 4.78 is 0. The summed E-state index contributed by atoms with van der Waals surface area (Å²) in [5.74, 6) is -0.853. The Hall–Kier alpha value is -3.20. The summed E-state index contributed by atoms with van der Waals surface area (Å²) in [7, 11) is 0. The Kier molecular flexibility index (Phi) is 6.61. The van der Waals surface area contributed by atoms with Crippen molar-refractivity contribution in [2.75, 3.05) is 17.6 Å². The van der Waals surface area contributed by atoms with Crippen molar-refractivity contribution in [3.05, 3.63) is 58.3 Å². The molecule has 1 heterocycles. The van der Waals surface area contributed by atoms with Gasteiger partial charge >= 0.3 is 0 Å². The van der Waals surface area contributed by atoms with Crippen LogP contribution in [0.4, 0.5) is 5.69 Å². The Bertz CT molecular complexity index is 982. The highest BCUT2D eigenvalue weighted by molar-refractivity contribution is 8.04. The van der Waals surface area contributed by atoms with E-state index in [-0.39, 0.29) is 27.8 Å². The summed E-state index contributed by atoms with van der Waals surface area (Å²) >= 11 is 1.23. The van der Waals surface area contributed by atoms with Crippen molar-refractivity contribution in [2.45, 2.75) is 19.8 Å². The van der Waals surface area contributed by atoms with Gasteiger partial charge in [0.2, 0.25) is 17.5 Å². The summed E-state index contributed by atoms with van der Waals surface area (Å²) in [6.45, 7) is 2.27. The number of H-pyrrole nitrogens is 1. The first-order valence-electron chi connectivity index (χ1n) is 9.16. The lowest BCUT2D eigenvalue weighted by Crippen LogP contribution is -2.23. The van der Waals surface area contributed by atoms with Crippen LogP contribution in [-0.2, 0) is 4.79 Å². The highest BCUT2D eigenvalue weighted by Gasteiger charge is 2.33. The van der Waals surface area contributed by atoms with Gasteiger partial charge in [0.15, 0.2) is 0 Å². The Morgan fingerprint density at radius 2 is 1.93 bits per heavy atom. The van der Waals surface area contributed by atoms with Crippen molar-refractivity contribution in [3.8, 4) is 0 Å². The number of nitrogens with one attached hydrogen (secondary N) is 3. The number of aromatic amines is 1. The number of carbonyl (C=O) groups is 4. The number of ketones is 2. The number of para-hydroxylation sites is 1. The number of thioether (sulfide) groups is 1. The minimum Gasteiger partial charge on any atom is -0.356 e. The standard InChI is InChI=1S/C20H20N4O4S/c1-2-15(26)21-9-6-10-29-14-11-13(25)17-16(19(14)27)18(24-23-17)20(28)22-12-7-4-3-5-8-12/h3-5,7-8,11H,2,6,9-10H2,1H3,(H,21,26)(H,22,28)(H,23,24). The first-order valence-corrected chi connectivity index (χ1v) is 10.1. The van der Waals surface area contributed by atoms with Crippen LogP contribution in [0.25, 0.3) is 0 Å². The third-order valence-corrected chi connectivity index (χ3v) is 5.30. The fraction of sp³-hybridized carbons (Fsp3) is 0.250. The molecule has 0 aliphatic heterocycles. The predicted molar refractivity (Wildman–Crippen MR) is 110 cm³/mol. The molecule has 1 aliphatic rings. The molecule has 0 atom stereocenters. The first kappa shape index (κ1) is 20.5. The molecule has 1 aromatic carbocycles. The molecule has 2 aromatic rings. The Morgan fingerprint density at radius 3 is 2.66 bits per heavy atom. The zero-order valence-corrected chi connectivity index (χ0v) is 16.6. The molecule has 0 saturated heterocycles. The highest BCUT2D eigenvalue weighted by Crippen LogP contribution is 2.30. The third kappa shape index (κ3) is 4.80. The number of rotatable bonds is 8. The van der Waals surface area contributed by atoms with Crippen LogP contribution in [0.3, 0.4) is 0 Å². The molecule has 8 nitrogen and oxygen atoms in total. The van der Waals surface area contributed by atoms with Gasteiger partial charge in [-0.05, 0) is 24.3 Å². The molecule has 0 bridgehead atoms. The second-order valence-corrected chi connectivity index (χ2v) is 7.39. The fourth-order valence-corrected chi connectivity index (χ4v) is 3.64. The first-order chi connectivity index (χ1) is 14.0. The van der Waals surface area contributed by atoms with Crippen LogP contribution in [0.15, 0.2) is 41.3 Å². The van der Waals surface area contributed by atoms with E-state index in [0.717, 1.165) is 0 Å². The molecule has 0 saturated carbocycles. The number of Topliss-reactive ketones (excluding diaryl/α,β-unsaturated/α-hetero) is 1. The minimum absolute atomic E-state index is 0.00674. The number of carbonyl (C=O) groups excluding carboxylic acids is 4. The number of aromatic nitrogens is 2. The van der Waals surface area contributed by atoms with Crippen molar-refractivity contribution < 1.29 is 19.2 Å². The topological polar surface area (TPSA) is 121 Å². The number of nitrogens with zero attached hydrogens (tertiary/aromatic N) is 1. The van der Waals surface area contributed by atoms with Crippen LogP contribution in [0.5, 0.6) is 0 Å². The number of hydrogen-bond acceptors (Lipinski definition) is 6. The summed E-state index contributed by atoms with van der Waals surface area (Å²) in [6, 6.07) is 8.79. The van der Waals surface area contributed by atoms with E-state index in [0.29, 0.717) is 30.8 Å².